The number of nitrogens with two attached hydrogens (primary N) is 1. The van der Waals surface area contributed by atoms with Gasteiger partial charge in [0, 0.05) is 10.8 Å². The number of thiophene rings is 1. The molecule has 1 unspecified atom stereocenters. The van der Waals surface area contributed by atoms with Crippen LogP contribution in [0, 0.1) is 6.92 Å². The Morgan fingerprint density at radius 3 is 2.62 bits per heavy atom. The second-order valence-corrected chi connectivity index (χ2v) is 7.36. The summed E-state index contributed by atoms with van der Waals surface area (Å²) in [6, 6.07) is 8.08. The molecule has 2 rings (SSSR count). The van der Waals surface area contributed by atoms with Crippen LogP contribution in [0.2, 0.25) is 0 Å². The van der Waals surface area contributed by atoms with E-state index in [1.54, 1.807) is 35.1 Å². The van der Waals surface area contributed by atoms with E-state index < -0.39 is 16.1 Å². The topological polar surface area (TPSA) is 89.3 Å². The number of benzene rings is 1. The third-order valence-corrected chi connectivity index (χ3v) is 5.75. The number of urea groups is 1. The zero-order chi connectivity index (χ0) is 15.6. The minimum atomic E-state index is -3.94. The number of primary amides is 1. The molecule has 2 aromatic rings. The fourth-order valence-electron chi connectivity index (χ4n) is 2.06. The molecule has 1 aromatic carbocycles. The van der Waals surface area contributed by atoms with E-state index in [0.717, 1.165) is 10.4 Å². The van der Waals surface area contributed by atoms with Gasteiger partial charge in [0.25, 0.3) is 10.0 Å². The Labute approximate surface area is 127 Å². The molecule has 0 aliphatic carbocycles. The largest absolute Gasteiger partial charge is 0.351 e. The third kappa shape index (κ3) is 3.43. The van der Waals surface area contributed by atoms with Gasteiger partial charge >= 0.3 is 6.03 Å². The van der Waals surface area contributed by atoms with E-state index in [2.05, 4.69) is 0 Å². The highest BCUT2D eigenvalue weighted by molar-refractivity contribution is 7.90. The highest BCUT2D eigenvalue weighted by Crippen LogP contribution is 2.30. The van der Waals surface area contributed by atoms with Crippen molar-refractivity contribution in [2.45, 2.75) is 24.7 Å². The molecule has 0 aliphatic heterocycles. The highest BCUT2D eigenvalue weighted by atomic mass is 32.2. The summed E-state index contributed by atoms with van der Waals surface area (Å²) in [5.41, 5.74) is 6.34. The fraction of sp³-hybridized carbons (Fsp3) is 0.214. The number of carbonyl (C=O) groups is 1. The zero-order valence-electron chi connectivity index (χ0n) is 11.7. The summed E-state index contributed by atoms with van der Waals surface area (Å²) in [7, 11) is -3.94. The Hall–Kier alpha value is -1.86. The van der Waals surface area contributed by atoms with Gasteiger partial charge in [0.2, 0.25) is 0 Å². The zero-order valence-corrected chi connectivity index (χ0v) is 13.3. The first-order valence-corrected chi connectivity index (χ1v) is 8.64. The molecular weight excluding hydrogens is 308 g/mol. The monoisotopic (exact) mass is 324 g/mol. The first-order valence-electron chi connectivity index (χ1n) is 6.27. The van der Waals surface area contributed by atoms with Crippen LogP contribution in [0.25, 0.3) is 0 Å². The van der Waals surface area contributed by atoms with Crippen LogP contribution in [0.15, 0.2) is 40.6 Å². The molecule has 0 fully saturated rings. The van der Waals surface area contributed by atoms with Crippen LogP contribution in [0.5, 0.6) is 0 Å². The minimum Gasteiger partial charge on any atom is -0.351 e. The second kappa shape index (κ2) is 5.87. The average Bonchev–Trinajstić information content (AvgIpc) is 2.90. The Bertz CT molecular complexity index is 753. The molecular formula is C14H16N2O3S2. The lowest BCUT2D eigenvalue weighted by Crippen LogP contribution is -2.35. The summed E-state index contributed by atoms with van der Waals surface area (Å²) in [6.07, 6.45) is 0. The van der Waals surface area contributed by atoms with Gasteiger partial charge in [-0.05, 0) is 35.6 Å². The average molecular weight is 324 g/mol. The predicted octanol–water partition coefficient (Wildman–Crippen LogP) is 2.57. The number of carbonyl (C=O) groups excluding carboxylic acids is 1. The van der Waals surface area contributed by atoms with E-state index in [4.69, 9.17) is 5.73 Å². The van der Waals surface area contributed by atoms with E-state index in [1.165, 1.54) is 0 Å². The Morgan fingerprint density at radius 1 is 1.33 bits per heavy atom. The maximum Gasteiger partial charge on any atom is 0.326 e. The molecule has 7 heteroatoms. The van der Waals surface area contributed by atoms with E-state index in [9.17, 15) is 13.2 Å². The van der Waals surface area contributed by atoms with Crippen molar-refractivity contribution in [3.05, 3.63) is 51.7 Å². The quantitative estimate of drug-likeness (QED) is 0.905. The second-order valence-electron chi connectivity index (χ2n) is 4.73. The standard InChI is InChI=1S/C14H16N2O3S2/c1-9-5-6-11(10(2)12-4-3-7-20-12)8-13(9)21(18,19)16-14(15)17/h3-8,10H,1-2H3,(H3,15,16,17). The van der Waals surface area contributed by atoms with Crippen LogP contribution in [-0.4, -0.2) is 14.4 Å². The molecule has 3 N–H and O–H groups in total. The van der Waals surface area contributed by atoms with Crippen molar-refractivity contribution in [3.63, 3.8) is 0 Å². The first-order chi connectivity index (χ1) is 9.81. The summed E-state index contributed by atoms with van der Waals surface area (Å²) in [5, 5.41) is 1.98. The number of nitrogens with one attached hydrogen (secondary N) is 1. The van der Waals surface area contributed by atoms with Gasteiger partial charge in [0.05, 0.1) is 4.90 Å². The van der Waals surface area contributed by atoms with E-state index in [-0.39, 0.29) is 10.8 Å². The summed E-state index contributed by atoms with van der Waals surface area (Å²) >= 11 is 1.61. The Balaban J connectivity index is 2.45. The van der Waals surface area contributed by atoms with Crippen LogP contribution in [-0.2, 0) is 10.0 Å². The molecule has 2 amide bonds. The summed E-state index contributed by atoms with van der Waals surface area (Å²) in [5.74, 6) is 0.0770. The number of aryl methyl sites for hydroxylation is 1. The maximum atomic E-state index is 12.1. The van der Waals surface area contributed by atoms with Gasteiger partial charge in [-0.2, -0.15) is 0 Å². The number of rotatable bonds is 4. The first kappa shape index (κ1) is 15.5. The minimum absolute atomic E-state index is 0.0715. The molecule has 0 saturated heterocycles. The van der Waals surface area contributed by atoms with E-state index in [1.807, 2.05) is 30.5 Å². The molecule has 112 valence electrons. The lowest BCUT2D eigenvalue weighted by Gasteiger charge is -2.14. The normalized spacial score (nSPS) is 12.9. The predicted molar refractivity (Wildman–Crippen MR) is 82.9 cm³/mol. The third-order valence-electron chi connectivity index (χ3n) is 3.21. The van der Waals surface area contributed by atoms with Crippen LogP contribution in [0.4, 0.5) is 4.79 Å². The van der Waals surface area contributed by atoms with Crippen molar-refractivity contribution in [1.82, 2.24) is 4.72 Å². The van der Waals surface area contributed by atoms with Crippen molar-refractivity contribution >= 4 is 27.4 Å². The van der Waals surface area contributed by atoms with Gasteiger partial charge < -0.3 is 5.73 Å². The van der Waals surface area contributed by atoms with Crippen LogP contribution < -0.4 is 10.5 Å². The molecule has 0 spiro atoms. The van der Waals surface area contributed by atoms with E-state index >= 15 is 0 Å². The molecule has 1 aromatic heterocycles. The lowest BCUT2D eigenvalue weighted by atomic mass is 9.98. The molecule has 0 bridgehead atoms. The van der Waals surface area contributed by atoms with Crippen LogP contribution in [0.1, 0.15) is 28.8 Å². The van der Waals surface area contributed by atoms with Gasteiger partial charge in [0.15, 0.2) is 0 Å². The van der Waals surface area contributed by atoms with Gasteiger partial charge in [-0.1, -0.05) is 25.1 Å². The van der Waals surface area contributed by atoms with Crippen molar-refractivity contribution < 1.29 is 13.2 Å². The smallest absolute Gasteiger partial charge is 0.326 e. The molecule has 0 saturated carbocycles. The summed E-state index contributed by atoms with van der Waals surface area (Å²) < 4.78 is 26.0. The maximum absolute atomic E-state index is 12.1. The highest BCUT2D eigenvalue weighted by Gasteiger charge is 2.20. The summed E-state index contributed by atoms with van der Waals surface area (Å²) in [4.78, 5) is 12.1. The molecule has 21 heavy (non-hydrogen) atoms. The number of amides is 2. The fourth-order valence-corrected chi connectivity index (χ4v) is 4.03. The molecule has 1 heterocycles. The number of sulfonamides is 1. The van der Waals surface area contributed by atoms with Crippen molar-refractivity contribution in [2.75, 3.05) is 0 Å². The van der Waals surface area contributed by atoms with Crippen LogP contribution in [0.3, 0.4) is 0 Å². The van der Waals surface area contributed by atoms with Crippen molar-refractivity contribution in [3.8, 4) is 0 Å². The molecule has 0 aliphatic rings. The Kier molecular flexibility index (Phi) is 4.34. The summed E-state index contributed by atoms with van der Waals surface area (Å²) in [6.45, 7) is 3.68. The van der Waals surface area contributed by atoms with Gasteiger partial charge in [-0.15, -0.1) is 11.3 Å². The molecule has 5 nitrogen and oxygen atoms in total. The van der Waals surface area contributed by atoms with Gasteiger partial charge in [-0.25, -0.2) is 17.9 Å². The molecule has 0 radical (unpaired) electrons. The molecule has 1 atom stereocenters. The van der Waals surface area contributed by atoms with Crippen LogP contribution >= 0.6 is 11.3 Å². The van der Waals surface area contributed by atoms with Gasteiger partial charge in [0.1, 0.15) is 0 Å². The van der Waals surface area contributed by atoms with Crippen molar-refractivity contribution in [1.29, 1.82) is 0 Å². The number of hydrogen-bond donors (Lipinski definition) is 2. The SMILES string of the molecule is Cc1ccc(C(C)c2cccs2)cc1S(=O)(=O)NC(N)=O. The van der Waals surface area contributed by atoms with E-state index in [0.29, 0.717) is 5.56 Å². The lowest BCUT2D eigenvalue weighted by molar-refractivity contribution is 0.253. The van der Waals surface area contributed by atoms with Gasteiger partial charge in [-0.3, -0.25) is 0 Å². The Morgan fingerprint density at radius 2 is 2.05 bits per heavy atom. The van der Waals surface area contributed by atoms with Crippen molar-refractivity contribution in [2.24, 2.45) is 5.73 Å². The number of hydrogen-bond acceptors (Lipinski definition) is 4.